The maximum absolute atomic E-state index is 13.5. The highest BCUT2D eigenvalue weighted by molar-refractivity contribution is 7.87. The standard InChI is InChI=1S/C23H31N3O6S/c1-7-9-12-25-23(32-33(30,31)13-8-2)19(14-24-25)22(27)18-10-11-20(26(28)29)21(17(18)6)16(5)15(3)4/h10-11,14H,7-9,12-13H2,1-6H3. The van der Waals surface area contributed by atoms with Gasteiger partial charge in [-0.2, -0.15) is 13.5 Å². The van der Waals surface area contributed by atoms with Crippen molar-refractivity contribution in [2.45, 2.75) is 67.3 Å². The number of nitro benzene ring substituents is 1. The molecule has 0 aliphatic rings. The van der Waals surface area contributed by atoms with Crippen LogP contribution in [0.3, 0.4) is 0 Å². The van der Waals surface area contributed by atoms with E-state index in [0.717, 1.165) is 18.4 Å². The lowest BCUT2D eigenvalue weighted by Gasteiger charge is -2.14. The van der Waals surface area contributed by atoms with E-state index in [1.807, 2.05) is 20.8 Å². The number of aromatic nitrogens is 2. The molecule has 1 aromatic heterocycles. The Kier molecular flexibility index (Phi) is 8.54. The molecule has 9 nitrogen and oxygen atoms in total. The zero-order valence-electron chi connectivity index (χ0n) is 20.0. The minimum Gasteiger partial charge on any atom is -0.361 e. The lowest BCUT2D eigenvalue weighted by Crippen LogP contribution is -2.18. The summed E-state index contributed by atoms with van der Waals surface area (Å²) in [4.78, 5) is 24.7. The smallest absolute Gasteiger partial charge is 0.310 e. The topological polar surface area (TPSA) is 121 Å². The second-order valence-corrected chi connectivity index (χ2v) is 9.82. The first-order chi connectivity index (χ1) is 15.4. The highest BCUT2D eigenvalue weighted by Gasteiger charge is 2.28. The first kappa shape index (κ1) is 26.2. The molecule has 1 heterocycles. The number of hydrogen-bond donors (Lipinski definition) is 0. The highest BCUT2D eigenvalue weighted by Crippen LogP contribution is 2.35. The van der Waals surface area contributed by atoms with E-state index in [1.54, 1.807) is 20.8 Å². The monoisotopic (exact) mass is 477 g/mol. The summed E-state index contributed by atoms with van der Waals surface area (Å²) in [6, 6.07) is 2.70. The van der Waals surface area contributed by atoms with Crippen molar-refractivity contribution in [1.82, 2.24) is 9.78 Å². The Morgan fingerprint density at radius 3 is 2.36 bits per heavy atom. The Hall–Kier alpha value is -3.01. The molecule has 0 atom stereocenters. The van der Waals surface area contributed by atoms with E-state index in [1.165, 1.54) is 23.0 Å². The van der Waals surface area contributed by atoms with Gasteiger partial charge in [-0.15, -0.1) is 0 Å². The Bertz CT molecular complexity index is 1190. The highest BCUT2D eigenvalue weighted by atomic mass is 32.2. The lowest BCUT2D eigenvalue weighted by atomic mass is 9.90. The molecule has 180 valence electrons. The molecular formula is C23H31N3O6S. The van der Waals surface area contributed by atoms with Gasteiger partial charge in [0.25, 0.3) is 5.69 Å². The van der Waals surface area contributed by atoms with Crippen molar-refractivity contribution in [3.63, 3.8) is 0 Å². The van der Waals surface area contributed by atoms with Crippen LogP contribution in [0.4, 0.5) is 5.69 Å². The van der Waals surface area contributed by atoms with Gasteiger partial charge in [-0.05, 0) is 57.7 Å². The first-order valence-electron chi connectivity index (χ1n) is 10.9. The molecule has 0 aliphatic carbocycles. The van der Waals surface area contributed by atoms with E-state index >= 15 is 0 Å². The van der Waals surface area contributed by atoms with Crippen molar-refractivity contribution in [2.75, 3.05) is 5.75 Å². The van der Waals surface area contributed by atoms with E-state index in [4.69, 9.17) is 4.18 Å². The maximum Gasteiger partial charge on any atom is 0.310 e. The molecule has 1 aromatic carbocycles. The van der Waals surface area contributed by atoms with Crippen molar-refractivity contribution in [3.05, 3.63) is 56.3 Å². The van der Waals surface area contributed by atoms with Crippen molar-refractivity contribution < 1.29 is 22.3 Å². The van der Waals surface area contributed by atoms with Crippen LogP contribution in [0.5, 0.6) is 5.88 Å². The van der Waals surface area contributed by atoms with Gasteiger partial charge in [-0.3, -0.25) is 14.9 Å². The average Bonchev–Trinajstić information content (AvgIpc) is 3.12. The van der Waals surface area contributed by atoms with Crippen LogP contribution in [-0.4, -0.2) is 34.7 Å². The second-order valence-electron chi connectivity index (χ2n) is 8.13. The van der Waals surface area contributed by atoms with Crippen molar-refractivity contribution in [1.29, 1.82) is 0 Å². The number of ketones is 1. The van der Waals surface area contributed by atoms with Crippen LogP contribution >= 0.6 is 0 Å². The third kappa shape index (κ3) is 5.87. The molecule has 0 bridgehead atoms. The Morgan fingerprint density at radius 2 is 1.82 bits per heavy atom. The summed E-state index contributed by atoms with van der Waals surface area (Å²) in [7, 11) is -3.91. The molecule has 0 N–H and O–H groups in total. The quantitative estimate of drug-likeness (QED) is 0.192. The number of rotatable bonds is 11. The Labute approximate surface area is 194 Å². The zero-order chi connectivity index (χ0) is 24.9. The summed E-state index contributed by atoms with van der Waals surface area (Å²) in [5, 5.41) is 15.8. The SMILES string of the molecule is CCCCn1ncc(C(=O)c2ccc([N+](=O)[O-])c(C(C)=C(C)C)c2C)c1OS(=O)(=O)CCC. The first-order valence-corrected chi connectivity index (χ1v) is 12.5. The maximum atomic E-state index is 13.5. The van der Waals surface area contributed by atoms with E-state index < -0.39 is 20.8 Å². The van der Waals surface area contributed by atoms with Gasteiger partial charge in [0.1, 0.15) is 5.56 Å². The van der Waals surface area contributed by atoms with Crippen molar-refractivity contribution in [2.24, 2.45) is 0 Å². The fourth-order valence-electron chi connectivity index (χ4n) is 3.46. The van der Waals surface area contributed by atoms with Crippen molar-refractivity contribution >= 4 is 27.2 Å². The molecule has 0 fully saturated rings. The summed E-state index contributed by atoms with van der Waals surface area (Å²) in [6.45, 7) is 11.2. The van der Waals surface area contributed by atoms with Crippen LogP contribution in [0, 0.1) is 17.0 Å². The molecule has 33 heavy (non-hydrogen) atoms. The van der Waals surface area contributed by atoms with Crippen LogP contribution < -0.4 is 4.18 Å². The van der Waals surface area contributed by atoms with E-state index in [2.05, 4.69) is 5.10 Å². The largest absolute Gasteiger partial charge is 0.361 e. The van der Waals surface area contributed by atoms with Gasteiger partial charge in [0, 0.05) is 18.2 Å². The van der Waals surface area contributed by atoms with Gasteiger partial charge in [-0.1, -0.05) is 25.8 Å². The van der Waals surface area contributed by atoms with Gasteiger partial charge in [-0.25, -0.2) is 4.68 Å². The number of carbonyl (C=O) groups excluding carboxylic acids is 1. The van der Waals surface area contributed by atoms with E-state index in [9.17, 15) is 23.3 Å². The van der Waals surface area contributed by atoms with Gasteiger partial charge in [0.15, 0.2) is 5.78 Å². The molecule has 0 radical (unpaired) electrons. The third-order valence-electron chi connectivity index (χ3n) is 5.43. The number of unbranched alkanes of at least 4 members (excludes halogenated alkanes) is 1. The van der Waals surface area contributed by atoms with Crippen LogP contribution in [0.2, 0.25) is 0 Å². The number of allylic oxidation sites excluding steroid dienone is 2. The van der Waals surface area contributed by atoms with Crippen LogP contribution in [0.15, 0.2) is 23.9 Å². The molecule has 2 rings (SSSR count). The average molecular weight is 478 g/mol. The van der Waals surface area contributed by atoms with Crippen molar-refractivity contribution in [3.8, 4) is 5.88 Å². The molecule has 2 aromatic rings. The normalized spacial score (nSPS) is 11.3. The third-order valence-corrected chi connectivity index (χ3v) is 6.75. The van der Waals surface area contributed by atoms with Gasteiger partial charge < -0.3 is 4.18 Å². The van der Waals surface area contributed by atoms with Gasteiger partial charge in [0.05, 0.1) is 22.4 Å². The number of benzene rings is 1. The second kappa shape index (κ2) is 10.7. The summed E-state index contributed by atoms with van der Waals surface area (Å²) in [6.07, 6.45) is 3.22. The van der Waals surface area contributed by atoms with Crippen LogP contribution in [0.1, 0.15) is 80.9 Å². The molecule has 0 spiro atoms. The summed E-state index contributed by atoms with van der Waals surface area (Å²) in [5.41, 5.74) is 2.54. The fraction of sp³-hybridized carbons (Fsp3) is 0.478. The molecule has 10 heteroatoms. The Balaban J connectivity index is 2.68. The fourth-order valence-corrected chi connectivity index (χ4v) is 4.46. The zero-order valence-corrected chi connectivity index (χ0v) is 20.8. The molecule has 0 amide bonds. The molecule has 0 aliphatic heterocycles. The minimum absolute atomic E-state index is 0.00328. The predicted octanol–water partition coefficient (Wildman–Crippen LogP) is 5.06. The van der Waals surface area contributed by atoms with E-state index in [0.29, 0.717) is 29.7 Å². The molecule has 0 unspecified atom stereocenters. The number of nitrogens with zero attached hydrogens (tertiary/aromatic N) is 3. The van der Waals surface area contributed by atoms with Crippen LogP contribution in [-0.2, 0) is 16.7 Å². The summed E-state index contributed by atoms with van der Waals surface area (Å²) >= 11 is 0. The molecule has 0 saturated carbocycles. The number of aryl methyl sites for hydroxylation is 1. The lowest BCUT2D eigenvalue weighted by molar-refractivity contribution is -0.385. The predicted molar refractivity (Wildman–Crippen MR) is 127 cm³/mol. The molecular weight excluding hydrogens is 446 g/mol. The minimum atomic E-state index is -3.91. The van der Waals surface area contributed by atoms with Gasteiger partial charge >= 0.3 is 10.1 Å². The summed E-state index contributed by atoms with van der Waals surface area (Å²) < 4.78 is 31.5. The number of carbonyl (C=O) groups is 1. The summed E-state index contributed by atoms with van der Waals surface area (Å²) in [5.74, 6) is -0.824. The Morgan fingerprint density at radius 1 is 1.15 bits per heavy atom. The number of hydrogen-bond acceptors (Lipinski definition) is 7. The van der Waals surface area contributed by atoms with Gasteiger partial charge in [0.2, 0.25) is 5.88 Å². The number of nitro groups is 1. The van der Waals surface area contributed by atoms with E-state index in [-0.39, 0.29) is 28.4 Å². The van der Waals surface area contributed by atoms with Crippen LogP contribution in [0.25, 0.3) is 5.57 Å². The molecule has 0 saturated heterocycles.